The van der Waals surface area contributed by atoms with Crippen LogP contribution in [-0.2, 0) is 14.4 Å². The van der Waals surface area contributed by atoms with E-state index in [9.17, 15) is 19.5 Å². The minimum Gasteiger partial charge on any atom is -0.480 e. The number of carbonyl (C=O) groups is 3. The SMILES string of the molecule is CCC(C)(NC(=O)C1CCC(NC(=O)C2CCCC2)CC1)C(=O)O. The molecule has 6 nitrogen and oxygen atoms in total. The van der Waals surface area contributed by atoms with Crippen molar-refractivity contribution in [2.75, 3.05) is 0 Å². The topological polar surface area (TPSA) is 95.5 Å². The second-order valence-electron chi connectivity index (χ2n) is 7.52. The molecule has 136 valence electrons. The van der Waals surface area contributed by atoms with Crippen LogP contribution in [-0.4, -0.2) is 34.5 Å². The number of carbonyl (C=O) groups excluding carboxylic acids is 2. The summed E-state index contributed by atoms with van der Waals surface area (Å²) < 4.78 is 0. The number of hydrogen-bond donors (Lipinski definition) is 3. The van der Waals surface area contributed by atoms with Crippen molar-refractivity contribution < 1.29 is 19.5 Å². The van der Waals surface area contributed by atoms with E-state index in [0.717, 1.165) is 38.5 Å². The predicted molar refractivity (Wildman–Crippen MR) is 90.3 cm³/mol. The van der Waals surface area contributed by atoms with Crippen LogP contribution in [0.25, 0.3) is 0 Å². The molecule has 2 aliphatic carbocycles. The number of amides is 2. The molecule has 24 heavy (non-hydrogen) atoms. The number of hydrogen-bond acceptors (Lipinski definition) is 3. The van der Waals surface area contributed by atoms with Gasteiger partial charge in [0, 0.05) is 17.9 Å². The number of rotatable bonds is 6. The molecule has 1 atom stereocenters. The average molecular weight is 338 g/mol. The van der Waals surface area contributed by atoms with Crippen molar-refractivity contribution in [1.29, 1.82) is 0 Å². The molecule has 2 rings (SSSR count). The molecule has 2 fully saturated rings. The Morgan fingerprint density at radius 3 is 2.00 bits per heavy atom. The Bertz CT molecular complexity index is 479. The summed E-state index contributed by atoms with van der Waals surface area (Å²) in [6.07, 6.45) is 7.58. The standard InChI is InChI=1S/C18H30N2O4/c1-3-18(2,17(23)24)20-16(22)13-8-10-14(11-9-13)19-15(21)12-6-4-5-7-12/h12-14H,3-11H2,1-2H3,(H,19,21)(H,20,22)(H,23,24). The lowest BCUT2D eigenvalue weighted by molar-refractivity contribution is -0.148. The normalized spacial score (nSPS) is 27.2. The summed E-state index contributed by atoms with van der Waals surface area (Å²) in [7, 11) is 0. The zero-order valence-corrected chi connectivity index (χ0v) is 14.8. The van der Waals surface area contributed by atoms with Crippen LogP contribution in [0, 0.1) is 11.8 Å². The van der Waals surface area contributed by atoms with Crippen molar-refractivity contribution >= 4 is 17.8 Å². The quantitative estimate of drug-likeness (QED) is 0.692. The van der Waals surface area contributed by atoms with Gasteiger partial charge in [0.1, 0.15) is 5.54 Å². The van der Waals surface area contributed by atoms with Crippen LogP contribution in [0.2, 0.25) is 0 Å². The highest BCUT2D eigenvalue weighted by atomic mass is 16.4. The van der Waals surface area contributed by atoms with Crippen LogP contribution in [0.4, 0.5) is 0 Å². The predicted octanol–water partition coefficient (Wildman–Crippen LogP) is 2.22. The molecule has 2 amide bonds. The van der Waals surface area contributed by atoms with Gasteiger partial charge < -0.3 is 15.7 Å². The third-order valence-electron chi connectivity index (χ3n) is 5.75. The van der Waals surface area contributed by atoms with Gasteiger partial charge in [-0.2, -0.15) is 0 Å². The molecular formula is C18H30N2O4. The highest BCUT2D eigenvalue weighted by Gasteiger charge is 2.36. The monoisotopic (exact) mass is 338 g/mol. The lowest BCUT2D eigenvalue weighted by Crippen LogP contribution is -2.54. The fraction of sp³-hybridized carbons (Fsp3) is 0.833. The van der Waals surface area contributed by atoms with Crippen LogP contribution in [0.1, 0.15) is 71.6 Å². The number of carboxylic acids is 1. The largest absolute Gasteiger partial charge is 0.480 e. The molecule has 0 radical (unpaired) electrons. The van der Waals surface area contributed by atoms with Gasteiger partial charge >= 0.3 is 5.97 Å². The lowest BCUT2D eigenvalue weighted by atomic mass is 9.84. The lowest BCUT2D eigenvalue weighted by Gasteiger charge is -2.32. The van der Waals surface area contributed by atoms with Crippen LogP contribution in [0.3, 0.4) is 0 Å². The summed E-state index contributed by atoms with van der Waals surface area (Å²) in [5.74, 6) is -0.996. The number of carboxylic acid groups (broad SMARTS) is 1. The first-order valence-corrected chi connectivity index (χ1v) is 9.21. The first-order chi connectivity index (χ1) is 11.4. The van der Waals surface area contributed by atoms with Gasteiger partial charge in [-0.05, 0) is 51.9 Å². The third kappa shape index (κ3) is 4.48. The molecule has 3 N–H and O–H groups in total. The van der Waals surface area contributed by atoms with Crippen LogP contribution < -0.4 is 10.6 Å². The Kier molecular flexibility index (Phi) is 6.24. The summed E-state index contributed by atoms with van der Waals surface area (Å²) in [5, 5.41) is 15.1. The van der Waals surface area contributed by atoms with Gasteiger partial charge in [0.05, 0.1) is 0 Å². The molecule has 0 aromatic rings. The van der Waals surface area contributed by atoms with E-state index >= 15 is 0 Å². The molecule has 0 saturated heterocycles. The van der Waals surface area contributed by atoms with E-state index in [2.05, 4.69) is 10.6 Å². The van der Waals surface area contributed by atoms with E-state index in [-0.39, 0.29) is 29.7 Å². The van der Waals surface area contributed by atoms with E-state index in [1.54, 1.807) is 13.8 Å². The minimum absolute atomic E-state index is 0.152. The molecular weight excluding hydrogens is 308 g/mol. The van der Waals surface area contributed by atoms with Crippen molar-refractivity contribution in [3.63, 3.8) is 0 Å². The van der Waals surface area contributed by atoms with Gasteiger partial charge in [-0.25, -0.2) is 4.79 Å². The van der Waals surface area contributed by atoms with Gasteiger partial charge in [0.2, 0.25) is 11.8 Å². The zero-order valence-electron chi connectivity index (χ0n) is 14.8. The maximum atomic E-state index is 12.4. The third-order valence-corrected chi connectivity index (χ3v) is 5.75. The van der Waals surface area contributed by atoms with E-state index in [1.165, 1.54) is 0 Å². The highest BCUT2D eigenvalue weighted by Crippen LogP contribution is 2.28. The van der Waals surface area contributed by atoms with Crippen LogP contribution in [0.5, 0.6) is 0 Å². The smallest absolute Gasteiger partial charge is 0.329 e. The van der Waals surface area contributed by atoms with Crippen molar-refractivity contribution in [2.24, 2.45) is 11.8 Å². The van der Waals surface area contributed by atoms with Gasteiger partial charge in [-0.3, -0.25) is 9.59 Å². The maximum absolute atomic E-state index is 12.4. The van der Waals surface area contributed by atoms with Gasteiger partial charge in [0.15, 0.2) is 0 Å². The van der Waals surface area contributed by atoms with Crippen LogP contribution in [0.15, 0.2) is 0 Å². The molecule has 0 aromatic carbocycles. The second-order valence-corrected chi connectivity index (χ2v) is 7.52. The molecule has 1 unspecified atom stereocenters. The fourth-order valence-electron chi connectivity index (χ4n) is 3.67. The first kappa shape index (κ1) is 18.7. The van der Waals surface area contributed by atoms with E-state index < -0.39 is 11.5 Å². The van der Waals surface area contributed by atoms with Crippen molar-refractivity contribution in [3.8, 4) is 0 Å². The van der Waals surface area contributed by atoms with E-state index in [4.69, 9.17) is 0 Å². The first-order valence-electron chi connectivity index (χ1n) is 9.21. The molecule has 2 aliphatic rings. The zero-order chi connectivity index (χ0) is 17.7. The Hall–Kier alpha value is -1.59. The summed E-state index contributed by atoms with van der Waals surface area (Å²) in [5.41, 5.74) is -1.20. The molecule has 0 heterocycles. The van der Waals surface area contributed by atoms with E-state index in [0.29, 0.717) is 19.3 Å². The Balaban J connectivity index is 1.78. The molecule has 0 bridgehead atoms. The van der Waals surface area contributed by atoms with E-state index in [1.807, 2.05) is 0 Å². The average Bonchev–Trinajstić information content (AvgIpc) is 3.09. The summed E-state index contributed by atoms with van der Waals surface area (Å²) in [6, 6.07) is 0.152. The Morgan fingerprint density at radius 1 is 0.958 bits per heavy atom. The number of aliphatic carboxylic acids is 1. The summed E-state index contributed by atoms with van der Waals surface area (Å²) in [4.78, 5) is 35.8. The van der Waals surface area contributed by atoms with Crippen LogP contribution >= 0.6 is 0 Å². The Morgan fingerprint density at radius 2 is 1.50 bits per heavy atom. The minimum atomic E-state index is -1.20. The summed E-state index contributed by atoms with van der Waals surface area (Å²) in [6.45, 7) is 3.30. The maximum Gasteiger partial charge on any atom is 0.329 e. The molecule has 2 saturated carbocycles. The molecule has 0 aromatic heterocycles. The fourth-order valence-corrected chi connectivity index (χ4v) is 3.67. The summed E-state index contributed by atoms with van der Waals surface area (Å²) >= 11 is 0. The van der Waals surface area contributed by atoms with Gasteiger partial charge in [-0.15, -0.1) is 0 Å². The van der Waals surface area contributed by atoms with Gasteiger partial charge in [-0.1, -0.05) is 19.8 Å². The van der Waals surface area contributed by atoms with Gasteiger partial charge in [0.25, 0.3) is 0 Å². The van der Waals surface area contributed by atoms with Crippen molar-refractivity contribution in [1.82, 2.24) is 10.6 Å². The second kappa shape index (κ2) is 7.99. The number of nitrogens with one attached hydrogen (secondary N) is 2. The van der Waals surface area contributed by atoms with Crippen molar-refractivity contribution in [3.05, 3.63) is 0 Å². The molecule has 6 heteroatoms. The molecule has 0 aliphatic heterocycles. The molecule has 0 spiro atoms. The Labute approximate surface area is 143 Å². The van der Waals surface area contributed by atoms with Crippen molar-refractivity contribution in [2.45, 2.75) is 83.2 Å². The highest BCUT2D eigenvalue weighted by molar-refractivity contribution is 5.87.